The molecular formula is C10H9ClF3N. The van der Waals surface area contributed by atoms with Gasteiger partial charge in [0.05, 0.1) is 10.6 Å². The quantitative estimate of drug-likeness (QED) is 0.780. The minimum Gasteiger partial charge on any atom is -0.321 e. The minimum atomic E-state index is -4.46. The van der Waals surface area contributed by atoms with Crippen LogP contribution in [0.1, 0.15) is 17.2 Å². The first-order valence-electron chi connectivity index (χ1n) is 4.11. The number of hydrogen-bond acceptors (Lipinski definition) is 1. The van der Waals surface area contributed by atoms with E-state index in [0.29, 0.717) is 5.56 Å². The predicted octanol–water partition coefficient (Wildman–Crippen LogP) is 3.54. The van der Waals surface area contributed by atoms with Crippen LogP contribution in [0, 0.1) is 0 Å². The van der Waals surface area contributed by atoms with Crippen molar-refractivity contribution in [3.05, 3.63) is 47.0 Å². The van der Waals surface area contributed by atoms with Gasteiger partial charge in [0.2, 0.25) is 0 Å². The molecule has 0 aromatic heterocycles. The molecule has 0 saturated carbocycles. The van der Waals surface area contributed by atoms with Crippen LogP contribution in [-0.4, -0.2) is 0 Å². The van der Waals surface area contributed by atoms with Gasteiger partial charge in [-0.15, -0.1) is 6.58 Å². The van der Waals surface area contributed by atoms with Crippen LogP contribution in [0.2, 0.25) is 5.02 Å². The van der Waals surface area contributed by atoms with Gasteiger partial charge in [0.1, 0.15) is 0 Å². The summed E-state index contributed by atoms with van der Waals surface area (Å²) in [6.45, 7) is 3.41. The molecular weight excluding hydrogens is 227 g/mol. The Labute approximate surface area is 90.3 Å². The van der Waals surface area contributed by atoms with Gasteiger partial charge in [0, 0.05) is 6.04 Å². The molecule has 1 atom stereocenters. The second kappa shape index (κ2) is 4.24. The molecule has 0 heterocycles. The van der Waals surface area contributed by atoms with E-state index in [1.807, 2.05) is 0 Å². The van der Waals surface area contributed by atoms with Crippen molar-refractivity contribution in [1.82, 2.24) is 0 Å². The Balaban J connectivity index is 3.22. The van der Waals surface area contributed by atoms with Gasteiger partial charge in [-0.25, -0.2) is 0 Å². The third-order valence-electron chi connectivity index (χ3n) is 1.93. The number of benzene rings is 1. The van der Waals surface area contributed by atoms with Crippen molar-refractivity contribution < 1.29 is 13.2 Å². The minimum absolute atomic E-state index is 0.331. The number of hydrogen-bond donors (Lipinski definition) is 1. The first-order chi connectivity index (χ1) is 6.86. The maximum Gasteiger partial charge on any atom is 0.417 e. The molecule has 1 aromatic rings. The normalized spacial score (nSPS) is 13.7. The van der Waals surface area contributed by atoms with Crippen LogP contribution in [0.4, 0.5) is 13.2 Å². The zero-order valence-electron chi connectivity index (χ0n) is 7.68. The molecule has 0 amide bonds. The molecule has 0 radical (unpaired) electrons. The lowest BCUT2D eigenvalue weighted by Gasteiger charge is -2.12. The molecule has 1 rings (SSSR count). The van der Waals surface area contributed by atoms with E-state index >= 15 is 0 Å². The van der Waals surface area contributed by atoms with E-state index in [9.17, 15) is 13.2 Å². The maximum absolute atomic E-state index is 12.4. The smallest absolute Gasteiger partial charge is 0.321 e. The van der Waals surface area contributed by atoms with Crippen LogP contribution in [0.5, 0.6) is 0 Å². The zero-order valence-corrected chi connectivity index (χ0v) is 8.44. The summed E-state index contributed by atoms with van der Waals surface area (Å²) in [5.41, 5.74) is 4.99. The summed E-state index contributed by atoms with van der Waals surface area (Å²) in [5.74, 6) is 0. The van der Waals surface area contributed by atoms with Gasteiger partial charge in [-0.3, -0.25) is 0 Å². The first-order valence-corrected chi connectivity index (χ1v) is 4.49. The van der Waals surface area contributed by atoms with E-state index in [1.54, 1.807) is 0 Å². The lowest BCUT2D eigenvalue weighted by molar-refractivity contribution is -0.137. The highest BCUT2D eigenvalue weighted by atomic mass is 35.5. The fourth-order valence-electron chi connectivity index (χ4n) is 1.10. The van der Waals surface area contributed by atoms with Gasteiger partial charge >= 0.3 is 6.18 Å². The van der Waals surface area contributed by atoms with E-state index in [1.165, 1.54) is 18.2 Å². The van der Waals surface area contributed by atoms with Crippen molar-refractivity contribution in [3.8, 4) is 0 Å². The van der Waals surface area contributed by atoms with E-state index in [0.717, 1.165) is 6.07 Å². The Kier molecular flexibility index (Phi) is 3.42. The summed E-state index contributed by atoms with van der Waals surface area (Å²) in [4.78, 5) is 0. The van der Waals surface area contributed by atoms with E-state index < -0.39 is 17.8 Å². The molecule has 5 heteroatoms. The Morgan fingerprint density at radius 2 is 2.00 bits per heavy atom. The summed E-state index contributed by atoms with van der Waals surface area (Å²) in [6.07, 6.45) is -3.10. The molecule has 0 aliphatic heterocycles. The second-order valence-corrected chi connectivity index (χ2v) is 3.41. The summed E-state index contributed by atoms with van der Waals surface area (Å²) in [5, 5.41) is -0.331. The van der Waals surface area contributed by atoms with Crippen LogP contribution in [0.3, 0.4) is 0 Å². The van der Waals surface area contributed by atoms with E-state index in [4.69, 9.17) is 17.3 Å². The molecule has 0 aliphatic carbocycles. The number of rotatable bonds is 2. The standard InChI is InChI=1S/C10H9ClF3N/c1-2-9(15)6-3-4-8(11)7(5-6)10(12,13)14/h2-5,9H,1,15H2. The highest BCUT2D eigenvalue weighted by Gasteiger charge is 2.33. The third-order valence-corrected chi connectivity index (χ3v) is 2.26. The average molecular weight is 236 g/mol. The first kappa shape index (κ1) is 12.1. The van der Waals surface area contributed by atoms with Crippen LogP contribution in [0.25, 0.3) is 0 Å². The van der Waals surface area contributed by atoms with Crippen LogP contribution in [-0.2, 0) is 6.18 Å². The van der Waals surface area contributed by atoms with Crippen LogP contribution >= 0.6 is 11.6 Å². The molecule has 1 nitrogen and oxygen atoms in total. The van der Waals surface area contributed by atoms with Gasteiger partial charge in [0.15, 0.2) is 0 Å². The van der Waals surface area contributed by atoms with E-state index in [-0.39, 0.29) is 5.02 Å². The third kappa shape index (κ3) is 2.73. The fraction of sp³-hybridized carbons (Fsp3) is 0.200. The summed E-state index contributed by atoms with van der Waals surface area (Å²) >= 11 is 5.44. The van der Waals surface area contributed by atoms with Crippen molar-refractivity contribution in [2.75, 3.05) is 0 Å². The molecule has 82 valence electrons. The Morgan fingerprint density at radius 3 is 2.47 bits per heavy atom. The van der Waals surface area contributed by atoms with Crippen molar-refractivity contribution in [1.29, 1.82) is 0 Å². The molecule has 0 fully saturated rings. The Morgan fingerprint density at radius 1 is 1.40 bits per heavy atom. The predicted molar refractivity (Wildman–Crippen MR) is 53.6 cm³/mol. The van der Waals surface area contributed by atoms with Crippen LogP contribution < -0.4 is 5.73 Å². The van der Waals surface area contributed by atoms with Gasteiger partial charge in [-0.05, 0) is 17.7 Å². The molecule has 2 N–H and O–H groups in total. The van der Waals surface area contributed by atoms with Crippen LogP contribution in [0.15, 0.2) is 30.9 Å². The van der Waals surface area contributed by atoms with E-state index in [2.05, 4.69) is 6.58 Å². The molecule has 0 spiro atoms. The lowest BCUT2D eigenvalue weighted by Crippen LogP contribution is -2.11. The molecule has 1 aromatic carbocycles. The van der Waals surface area contributed by atoms with Crippen molar-refractivity contribution in [3.63, 3.8) is 0 Å². The largest absolute Gasteiger partial charge is 0.417 e. The highest BCUT2D eigenvalue weighted by molar-refractivity contribution is 6.31. The molecule has 0 bridgehead atoms. The number of nitrogens with two attached hydrogens (primary N) is 1. The van der Waals surface area contributed by atoms with Crippen molar-refractivity contribution >= 4 is 11.6 Å². The molecule has 15 heavy (non-hydrogen) atoms. The topological polar surface area (TPSA) is 26.0 Å². The second-order valence-electron chi connectivity index (χ2n) is 3.00. The Bertz CT molecular complexity index is 373. The number of halogens is 4. The SMILES string of the molecule is C=CC(N)c1ccc(Cl)c(C(F)(F)F)c1. The van der Waals surface area contributed by atoms with Crippen molar-refractivity contribution in [2.45, 2.75) is 12.2 Å². The molecule has 0 saturated heterocycles. The summed E-state index contributed by atoms with van der Waals surface area (Å²) in [6, 6.07) is 2.95. The van der Waals surface area contributed by atoms with Gasteiger partial charge in [0.25, 0.3) is 0 Å². The molecule has 1 unspecified atom stereocenters. The van der Waals surface area contributed by atoms with Crippen molar-refractivity contribution in [2.24, 2.45) is 5.73 Å². The fourth-order valence-corrected chi connectivity index (χ4v) is 1.33. The maximum atomic E-state index is 12.4. The summed E-state index contributed by atoms with van der Waals surface area (Å²) < 4.78 is 37.3. The van der Waals surface area contributed by atoms with Gasteiger partial charge in [-0.2, -0.15) is 13.2 Å². The lowest BCUT2D eigenvalue weighted by atomic mass is 10.0. The average Bonchev–Trinajstić information content (AvgIpc) is 2.15. The number of alkyl halides is 3. The monoisotopic (exact) mass is 235 g/mol. The summed E-state index contributed by atoms with van der Waals surface area (Å²) in [7, 11) is 0. The highest BCUT2D eigenvalue weighted by Crippen LogP contribution is 2.35. The molecule has 0 aliphatic rings. The van der Waals surface area contributed by atoms with Gasteiger partial charge in [-0.1, -0.05) is 23.7 Å². The van der Waals surface area contributed by atoms with Gasteiger partial charge < -0.3 is 5.73 Å². The Hall–Kier alpha value is -1.00. The zero-order chi connectivity index (χ0) is 11.6.